The van der Waals surface area contributed by atoms with Crippen molar-refractivity contribution in [3.8, 4) is 5.75 Å². The van der Waals surface area contributed by atoms with Gasteiger partial charge in [-0.2, -0.15) is 0 Å². The molecule has 0 fully saturated rings. The van der Waals surface area contributed by atoms with Crippen molar-refractivity contribution < 1.29 is 9.53 Å². The minimum absolute atomic E-state index is 0.160. The van der Waals surface area contributed by atoms with Crippen molar-refractivity contribution in [3.05, 3.63) is 63.7 Å². The van der Waals surface area contributed by atoms with Gasteiger partial charge in [-0.15, -0.1) is 0 Å². The largest absolute Gasteiger partial charge is 0.488 e. The molecule has 0 aliphatic carbocycles. The van der Waals surface area contributed by atoms with Crippen molar-refractivity contribution in [2.75, 3.05) is 11.9 Å². The van der Waals surface area contributed by atoms with Crippen LogP contribution in [0.1, 0.15) is 16.7 Å². The van der Waals surface area contributed by atoms with E-state index in [2.05, 4.69) is 5.32 Å². The molecule has 2 aromatic rings. The van der Waals surface area contributed by atoms with E-state index in [-0.39, 0.29) is 12.5 Å². The predicted molar refractivity (Wildman–Crippen MR) is 89.5 cm³/mol. The molecule has 0 unspecified atom stereocenters. The first-order valence-electron chi connectivity index (χ1n) is 7.04. The van der Waals surface area contributed by atoms with Crippen LogP contribution in [0.5, 0.6) is 5.75 Å². The summed E-state index contributed by atoms with van der Waals surface area (Å²) in [5.41, 5.74) is 4.30. The van der Waals surface area contributed by atoms with Gasteiger partial charge in [0.15, 0.2) is 0 Å². The first-order chi connectivity index (χ1) is 10.5. The molecule has 0 bridgehead atoms. The average Bonchev–Trinajstić information content (AvgIpc) is 2.48. The fourth-order valence-corrected chi connectivity index (χ4v) is 2.70. The van der Waals surface area contributed by atoms with Crippen molar-refractivity contribution >= 4 is 29.3 Å². The molecule has 4 heteroatoms. The molecule has 3 nitrogen and oxygen atoms in total. The van der Waals surface area contributed by atoms with E-state index in [1.165, 1.54) is 0 Å². The highest BCUT2D eigenvalue weighted by Crippen LogP contribution is 2.33. The second kappa shape index (κ2) is 5.85. The number of fused-ring (bicyclic) bond motifs is 1. The summed E-state index contributed by atoms with van der Waals surface area (Å²) in [7, 11) is 0. The van der Waals surface area contributed by atoms with Gasteiger partial charge in [0.1, 0.15) is 12.4 Å². The van der Waals surface area contributed by atoms with E-state index >= 15 is 0 Å². The van der Waals surface area contributed by atoms with E-state index in [9.17, 15) is 4.79 Å². The zero-order valence-electron chi connectivity index (χ0n) is 12.4. The van der Waals surface area contributed by atoms with Gasteiger partial charge in [-0.1, -0.05) is 29.3 Å². The SMILES string of the molecule is Cc1ccc(NC(=O)C2=Cc3cc(Cl)cc(C)c3OC2)cc1. The summed E-state index contributed by atoms with van der Waals surface area (Å²) in [5.74, 6) is 0.628. The molecule has 2 aromatic carbocycles. The molecule has 1 aliphatic rings. The van der Waals surface area contributed by atoms with Crippen LogP contribution in [0.3, 0.4) is 0 Å². The Morgan fingerprint density at radius 3 is 2.64 bits per heavy atom. The summed E-state index contributed by atoms with van der Waals surface area (Å²) in [6, 6.07) is 11.3. The Balaban J connectivity index is 1.84. The fraction of sp³-hybridized carbons (Fsp3) is 0.167. The molecule has 0 saturated carbocycles. The zero-order valence-corrected chi connectivity index (χ0v) is 13.2. The standard InChI is InChI=1S/C18H16ClNO2/c1-11-3-5-16(6-4-11)20-18(21)14-8-13-9-15(19)7-12(2)17(13)22-10-14/h3-9H,10H2,1-2H3,(H,20,21). The number of nitrogens with one attached hydrogen (secondary N) is 1. The van der Waals surface area contributed by atoms with Crippen molar-refractivity contribution in [1.29, 1.82) is 0 Å². The zero-order chi connectivity index (χ0) is 15.7. The summed E-state index contributed by atoms with van der Waals surface area (Å²) in [6.45, 7) is 4.20. The Labute approximate surface area is 134 Å². The Morgan fingerprint density at radius 2 is 1.91 bits per heavy atom. The summed E-state index contributed by atoms with van der Waals surface area (Å²) < 4.78 is 5.71. The molecule has 0 radical (unpaired) electrons. The Kier molecular flexibility index (Phi) is 3.90. The van der Waals surface area contributed by atoms with Crippen molar-refractivity contribution in [2.24, 2.45) is 0 Å². The van der Waals surface area contributed by atoms with Crippen LogP contribution < -0.4 is 10.1 Å². The van der Waals surface area contributed by atoms with Gasteiger partial charge in [-0.3, -0.25) is 4.79 Å². The molecule has 0 aromatic heterocycles. The first-order valence-corrected chi connectivity index (χ1v) is 7.42. The number of anilines is 1. The van der Waals surface area contributed by atoms with Crippen molar-refractivity contribution in [1.82, 2.24) is 0 Å². The Bertz CT molecular complexity index is 763. The van der Waals surface area contributed by atoms with Crippen molar-refractivity contribution in [2.45, 2.75) is 13.8 Å². The molecule has 1 heterocycles. The average molecular weight is 314 g/mol. The van der Waals surface area contributed by atoms with E-state index < -0.39 is 0 Å². The maximum absolute atomic E-state index is 12.3. The first kappa shape index (κ1) is 14.7. The van der Waals surface area contributed by atoms with Gasteiger partial charge in [0.2, 0.25) is 0 Å². The van der Waals surface area contributed by atoms with Gasteiger partial charge < -0.3 is 10.1 Å². The molecule has 112 valence electrons. The van der Waals surface area contributed by atoms with Gasteiger partial charge in [-0.05, 0) is 49.8 Å². The van der Waals surface area contributed by atoms with Crippen LogP contribution in [0.25, 0.3) is 6.08 Å². The second-order valence-electron chi connectivity index (χ2n) is 5.42. The number of ether oxygens (including phenoxy) is 1. The molecule has 0 saturated heterocycles. The molecule has 1 N–H and O–H groups in total. The van der Waals surface area contributed by atoms with Crippen LogP contribution in [-0.2, 0) is 4.79 Å². The number of hydrogen-bond donors (Lipinski definition) is 1. The number of carbonyl (C=O) groups is 1. The Hall–Kier alpha value is -2.26. The van der Waals surface area contributed by atoms with Gasteiger partial charge in [-0.25, -0.2) is 0 Å². The maximum Gasteiger partial charge on any atom is 0.255 e. The number of halogens is 1. The van der Waals surface area contributed by atoms with Gasteiger partial charge >= 0.3 is 0 Å². The molecule has 3 rings (SSSR count). The predicted octanol–water partition coefficient (Wildman–Crippen LogP) is 4.37. The highest BCUT2D eigenvalue weighted by atomic mass is 35.5. The maximum atomic E-state index is 12.3. The van der Waals surface area contributed by atoms with E-state index in [0.717, 1.165) is 28.1 Å². The lowest BCUT2D eigenvalue weighted by atomic mass is 10.0. The van der Waals surface area contributed by atoms with Crippen molar-refractivity contribution in [3.63, 3.8) is 0 Å². The molecular weight excluding hydrogens is 298 g/mol. The highest BCUT2D eigenvalue weighted by molar-refractivity contribution is 6.31. The Morgan fingerprint density at radius 1 is 1.18 bits per heavy atom. The van der Waals surface area contributed by atoms with Crippen LogP contribution in [-0.4, -0.2) is 12.5 Å². The topological polar surface area (TPSA) is 38.3 Å². The normalized spacial score (nSPS) is 13.0. The summed E-state index contributed by atoms with van der Waals surface area (Å²) in [6.07, 6.45) is 1.83. The molecule has 0 spiro atoms. The summed E-state index contributed by atoms with van der Waals surface area (Å²) >= 11 is 6.07. The second-order valence-corrected chi connectivity index (χ2v) is 5.86. The number of rotatable bonds is 2. The number of hydrogen-bond acceptors (Lipinski definition) is 2. The minimum atomic E-state index is -0.160. The van der Waals surface area contributed by atoms with Crippen LogP contribution in [0, 0.1) is 13.8 Å². The lowest BCUT2D eigenvalue weighted by Gasteiger charge is -2.19. The molecule has 0 atom stereocenters. The van der Waals surface area contributed by atoms with Gasteiger partial charge in [0.25, 0.3) is 5.91 Å². The van der Waals surface area contributed by atoms with Crippen LogP contribution in [0.2, 0.25) is 5.02 Å². The third-order valence-electron chi connectivity index (χ3n) is 3.57. The molecule has 22 heavy (non-hydrogen) atoms. The van der Waals surface area contributed by atoms with E-state index in [0.29, 0.717) is 10.6 Å². The monoisotopic (exact) mass is 313 g/mol. The molecular formula is C18H16ClNO2. The molecule has 1 aliphatic heterocycles. The van der Waals surface area contributed by atoms with E-state index in [1.807, 2.05) is 56.3 Å². The molecule has 1 amide bonds. The van der Waals surface area contributed by atoms with Crippen LogP contribution in [0.4, 0.5) is 5.69 Å². The van der Waals surface area contributed by atoms with Crippen LogP contribution >= 0.6 is 11.6 Å². The number of carbonyl (C=O) groups excluding carboxylic acids is 1. The smallest absolute Gasteiger partial charge is 0.255 e. The highest BCUT2D eigenvalue weighted by Gasteiger charge is 2.19. The minimum Gasteiger partial charge on any atom is -0.488 e. The van der Waals surface area contributed by atoms with Gasteiger partial charge in [0.05, 0.1) is 5.57 Å². The van der Waals surface area contributed by atoms with E-state index in [4.69, 9.17) is 16.3 Å². The number of benzene rings is 2. The number of aryl methyl sites for hydroxylation is 2. The quantitative estimate of drug-likeness (QED) is 0.894. The van der Waals surface area contributed by atoms with Crippen LogP contribution in [0.15, 0.2) is 42.0 Å². The third-order valence-corrected chi connectivity index (χ3v) is 3.79. The summed E-state index contributed by atoms with van der Waals surface area (Å²) in [4.78, 5) is 12.3. The summed E-state index contributed by atoms with van der Waals surface area (Å²) in [5, 5.41) is 3.51. The lowest BCUT2D eigenvalue weighted by molar-refractivity contribution is -0.113. The third kappa shape index (κ3) is 3.00. The number of amides is 1. The lowest BCUT2D eigenvalue weighted by Crippen LogP contribution is -2.21. The van der Waals surface area contributed by atoms with E-state index in [1.54, 1.807) is 0 Å². The fourth-order valence-electron chi connectivity index (χ4n) is 2.42. The van der Waals surface area contributed by atoms with Gasteiger partial charge in [0, 0.05) is 16.3 Å².